The van der Waals surface area contributed by atoms with Crippen LogP contribution in [0.15, 0.2) is 22.7 Å². The van der Waals surface area contributed by atoms with Crippen molar-refractivity contribution in [2.75, 3.05) is 0 Å². The van der Waals surface area contributed by atoms with Crippen molar-refractivity contribution in [2.24, 2.45) is 0 Å². The highest BCUT2D eigenvalue weighted by Crippen LogP contribution is 2.38. The molecular weight excluding hydrogens is 240 g/mol. The number of ether oxygens (including phenoxy) is 1. The van der Waals surface area contributed by atoms with Crippen LogP contribution in [0.4, 0.5) is 0 Å². The molecule has 19 heavy (non-hydrogen) atoms. The van der Waals surface area contributed by atoms with Crippen molar-refractivity contribution in [3.8, 4) is 5.75 Å². The van der Waals surface area contributed by atoms with Gasteiger partial charge in [-0.15, -0.1) is 0 Å². The van der Waals surface area contributed by atoms with Gasteiger partial charge in [0.05, 0.1) is 0 Å². The van der Waals surface area contributed by atoms with Gasteiger partial charge in [-0.05, 0) is 43.4 Å². The monoisotopic (exact) mass is 258 g/mol. The summed E-state index contributed by atoms with van der Waals surface area (Å²) in [5, 5.41) is 3.96. The first-order valence-electron chi connectivity index (χ1n) is 6.81. The Labute approximate surface area is 112 Å². The van der Waals surface area contributed by atoms with E-state index in [1.54, 1.807) is 0 Å². The second-order valence-corrected chi connectivity index (χ2v) is 5.08. The lowest BCUT2D eigenvalue weighted by Crippen LogP contribution is -2.00. The lowest BCUT2D eigenvalue weighted by Gasteiger charge is -2.09. The van der Waals surface area contributed by atoms with E-state index >= 15 is 0 Å². The third-order valence-electron chi connectivity index (χ3n) is 3.37. The molecule has 1 saturated carbocycles. The largest absolute Gasteiger partial charge is 0.485 e. The van der Waals surface area contributed by atoms with Gasteiger partial charge in [-0.2, -0.15) is 4.98 Å². The molecule has 0 saturated heterocycles. The summed E-state index contributed by atoms with van der Waals surface area (Å²) in [6.45, 7) is 4.55. The van der Waals surface area contributed by atoms with Crippen molar-refractivity contribution >= 4 is 0 Å². The number of aryl methyl sites for hydroxylation is 2. The molecule has 0 amide bonds. The standard InChI is InChI=1S/C15H18N2O2/c1-3-11-5-4-10(2)8-13(11)18-9-14-16-15(19-17-14)12-6-7-12/h4-5,8,12H,3,6-7,9H2,1-2H3. The fraction of sp³-hybridized carbons (Fsp3) is 0.467. The van der Waals surface area contributed by atoms with Crippen LogP contribution < -0.4 is 4.74 Å². The molecule has 0 bridgehead atoms. The summed E-state index contributed by atoms with van der Waals surface area (Å²) in [6.07, 6.45) is 3.29. The Morgan fingerprint density at radius 1 is 1.37 bits per heavy atom. The maximum absolute atomic E-state index is 5.82. The first-order valence-corrected chi connectivity index (χ1v) is 6.81. The molecule has 1 heterocycles. The number of aromatic nitrogens is 2. The fourth-order valence-electron chi connectivity index (χ4n) is 2.05. The van der Waals surface area contributed by atoms with Crippen LogP contribution in [0.2, 0.25) is 0 Å². The van der Waals surface area contributed by atoms with E-state index in [0.29, 0.717) is 18.3 Å². The van der Waals surface area contributed by atoms with Crippen molar-refractivity contribution in [2.45, 2.75) is 45.6 Å². The van der Waals surface area contributed by atoms with Crippen LogP contribution in [0.1, 0.15) is 48.5 Å². The first kappa shape index (κ1) is 12.2. The molecular formula is C15H18N2O2. The molecule has 3 rings (SSSR count). The summed E-state index contributed by atoms with van der Waals surface area (Å²) in [4.78, 5) is 4.36. The molecule has 0 unspecified atom stereocenters. The van der Waals surface area contributed by atoms with Crippen LogP contribution in [0.25, 0.3) is 0 Å². The maximum atomic E-state index is 5.82. The van der Waals surface area contributed by atoms with Gasteiger partial charge in [-0.3, -0.25) is 0 Å². The first-order chi connectivity index (χ1) is 9.26. The Bertz CT molecular complexity index is 573. The van der Waals surface area contributed by atoms with E-state index < -0.39 is 0 Å². The van der Waals surface area contributed by atoms with Gasteiger partial charge in [0.15, 0.2) is 6.61 Å². The average molecular weight is 258 g/mol. The molecule has 1 aromatic carbocycles. The third-order valence-corrected chi connectivity index (χ3v) is 3.37. The van der Waals surface area contributed by atoms with Crippen molar-refractivity contribution in [3.63, 3.8) is 0 Å². The Kier molecular flexibility index (Phi) is 3.23. The number of hydrogen-bond acceptors (Lipinski definition) is 4. The predicted octanol–water partition coefficient (Wildman–Crippen LogP) is 3.40. The highest BCUT2D eigenvalue weighted by molar-refractivity contribution is 5.37. The molecule has 4 heteroatoms. The molecule has 1 aliphatic carbocycles. The lowest BCUT2D eigenvalue weighted by molar-refractivity contribution is 0.282. The van der Waals surface area contributed by atoms with Gasteiger partial charge < -0.3 is 9.26 Å². The van der Waals surface area contributed by atoms with Crippen LogP contribution >= 0.6 is 0 Å². The Morgan fingerprint density at radius 3 is 2.95 bits per heavy atom. The van der Waals surface area contributed by atoms with Gasteiger partial charge >= 0.3 is 0 Å². The summed E-state index contributed by atoms with van der Waals surface area (Å²) in [6, 6.07) is 6.27. The number of nitrogens with zero attached hydrogens (tertiary/aromatic N) is 2. The van der Waals surface area contributed by atoms with E-state index in [9.17, 15) is 0 Å². The van der Waals surface area contributed by atoms with E-state index in [4.69, 9.17) is 9.26 Å². The molecule has 1 fully saturated rings. The predicted molar refractivity (Wildman–Crippen MR) is 71.2 cm³/mol. The zero-order valence-corrected chi connectivity index (χ0v) is 11.3. The van der Waals surface area contributed by atoms with Crippen molar-refractivity contribution in [1.29, 1.82) is 0 Å². The summed E-state index contributed by atoms with van der Waals surface area (Å²) in [5.41, 5.74) is 2.40. The Balaban J connectivity index is 1.68. The molecule has 0 aliphatic heterocycles. The highest BCUT2D eigenvalue weighted by Gasteiger charge is 2.29. The SMILES string of the molecule is CCc1ccc(C)cc1OCc1noc(C2CC2)n1. The van der Waals surface area contributed by atoms with E-state index in [1.165, 1.54) is 24.0 Å². The van der Waals surface area contributed by atoms with E-state index in [1.807, 2.05) is 0 Å². The van der Waals surface area contributed by atoms with E-state index in [0.717, 1.165) is 18.1 Å². The minimum Gasteiger partial charge on any atom is -0.485 e. The Hall–Kier alpha value is -1.84. The summed E-state index contributed by atoms with van der Waals surface area (Å²) < 4.78 is 11.0. The van der Waals surface area contributed by atoms with Crippen molar-refractivity contribution < 1.29 is 9.26 Å². The number of hydrogen-bond donors (Lipinski definition) is 0. The van der Waals surface area contributed by atoms with Crippen LogP contribution in [-0.2, 0) is 13.0 Å². The molecule has 0 spiro atoms. The minimum absolute atomic E-state index is 0.368. The fourth-order valence-corrected chi connectivity index (χ4v) is 2.05. The molecule has 100 valence electrons. The molecule has 2 aromatic rings. The zero-order chi connectivity index (χ0) is 13.2. The van der Waals surface area contributed by atoms with Gasteiger partial charge in [-0.1, -0.05) is 24.2 Å². The molecule has 0 atom stereocenters. The number of rotatable bonds is 5. The second-order valence-electron chi connectivity index (χ2n) is 5.08. The quantitative estimate of drug-likeness (QED) is 0.824. The van der Waals surface area contributed by atoms with E-state index in [2.05, 4.69) is 42.2 Å². The molecule has 1 aliphatic rings. The molecule has 4 nitrogen and oxygen atoms in total. The van der Waals surface area contributed by atoms with Gasteiger partial charge in [0.1, 0.15) is 5.75 Å². The van der Waals surface area contributed by atoms with Crippen molar-refractivity contribution in [1.82, 2.24) is 10.1 Å². The van der Waals surface area contributed by atoms with Crippen molar-refractivity contribution in [3.05, 3.63) is 41.0 Å². The van der Waals surface area contributed by atoms with Crippen LogP contribution in [0.5, 0.6) is 5.75 Å². The minimum atomic E-state index is 0.368. The normalized spacial score (nSPS) is 14.6. The van der Waals surface area contributed by atoms with Gasteiger partial charge in [0.25, 0.3) is 0 Å². The van der Waals surface area contributed by atoms with Gasteiger partial charge in [-0.25, -0.2) is 0 Å². The second kappa shape index (κ2) is 5.03. The number of benzene rings is 1. The lowest BCUT2D eigenvalue weighted by atomic mass is 10.1. The molecule has 1 aromatic heterocycles. The van der Waals surface area contributed by atoms with Crippen LogP contribution in [-0.4, -0.2) is 10.1 Å². The third kappa shape index (κ3) is 2.78. The summed E-state index contributed by atoms with van der Waals surface area (Å²) >= 11 is 0. The van der Waals surface area contributed by atoms with Gasteiger partial charge in [0.2, 0.25) is 11.7 Å². The maximum Gasteiger partial charge on any atom is 0.229 e. The summed E-state index contributed by atoms with van der Waals surface area (Å²) in [5.74, 6) is 2.80. The van der Waals surface area contributed by atoms with E-state index in [-0.39, 0.29) is 0 Å². The average Bonchev–Trinajstić information content (AvgIpc) is 3.16. The topological polar surface area (TPSA) is 48.2 Å². The van der Waals surface area contributed by atoms with Gasteiger partial charge in [0, 0.05) is 5.92 Å². The molecule has 0 N–H and O–H groups in total. The smallest absolute Gasteiger partial charge is 0.229 e. The summed E-state index contributed by atoms with van der Waals surface area (Å²) in [7, 11) is 0. The van der Waals surface area contributed by atoms with Crippen LogP contribution in [0, 0.1) is 6.92 Å². The molecule has 0 radical (unpaired) electrons. The highest BCUT2D eigenvalue weighted by atomic mass is 16.5. The van der Waals surface area contributed by atoms with Crippen LogP contribution in [0.3, 0.4) is 0 Å². The Morgan fingerprint density at radius 2 is 2.21 bits per heavy atom. The zero-order valence-electron chi connectivity index (χ0n) is 11.3.